The number of pyridine rings is 1. The lowest BCUT2D eigenvalue weighted by molar-refractivity contribution is -0.141. The van der Waals surface area contributed by atoms with Crippen LogP contribution in [0.1, 0.15) is 41.1 Å². The molecule has 0 unspecified atom stereocenters. The minimum Gasteiger partial charge on any atom is -0.367 e. The number of halogens is 3. The minimum atomic E-state index is -4.54. The third-order valence-corrected chi connectivity index (χ3v) is 6.34. The molecule has 3 aromatic heterocycles. The molecular weight excluding hydrogens is 447 g/mol. The molecule has 1 saturated heterocycles. The SMILES string of the molecule is Cc1ccc(-c2ncccn2)c(C(=O)N2CC3(CC3)C[C@H]2CNc2cnc(C(F)(F)F)cn2)n1. The number of alkyl halides is 3. The molecule has 1 amide bonds. The maximum atomic E-state index is 13.7. The van der Waals surface area contributed by atoms with E-state index in [1.54, 1.807) is 24.5 Å². The maximum Gasteiger partial charge on any atom is 0.434 e. The second-order valence-corrected chi connectivity index (χ2v) is 8.88. The number of carbonyl (C=O) groups is 1. The number of aryl methyl sites for hydroxylation is 1. The van der Waals surface area contributed by atoms with Gasteiger partial charge in [0.2, 0.25) is 0 Å². The molecule has 0 radical (unpaired) electrons. The first-order valence-electron chi connectivity index (χ1n) is 10.9. The number of carbonyl (C=O) groups excluding carboxylic acids is 1. The van der Waals surface area contributed by atoms with E-state index in [9.17, 15) is 18.0 Å². The molecule has 1 aliphatic heterocycles. The minimum absolute atomic E-state index is 0.0983. The van der Waals surface area contributed by atoms with Crippen molar-refractivity contribution in [2.45, 2.75) is 38.4 Å². The van der Waals surface area contributed by atoms with Gasteiger partial charge in [0, 0.05) is 37.2 Å². The zero-order valence-corrected chi connectivity index (χ0v) is 18.4. The first-order valence-corrected chi connectivity index (χ1v) is 10.9. The highest BCUT2D eigenvalue weighted by Crippen LogP contribution is 2.55. The number of nitrogens with one attached hydrogen (secondary N) is 1. The largest absolute Gasteiger partial charge is 0.434 e. The van der Waals surface area contributed by atoms with E-state index in [0.29, 0.717) is 42.1 Å². The molecule has 11 heteroatoms. The summed E-state index contributed by atoms with van der Waals surface area (Å²) in [4.78, 5) is 35.9. The Balaban J connectivity index is 1.37. The number of nitrogens with zero attached hydrogens (tertiary/aromatic N) is 6. The molecule has 1 atom stereocenters. The summed E-state index contributed by atoms with van der Waals surface area (Å²) in [6.07, 6.45) is 3.34. The van der Waals surface area contributed by atoms with Gasteiger partial charge in [-0.25, -0.2) is 24.9 Å². The lowest BCUT2D eigenvalue weighted by atomic mass is 10.0. The summed E-state index contributed by atoms with van der Waals surface area (Å²) in [5.74, 6) is 0.442. The van der Waals surface area contributed by atoms with E-state index in [1.165, 1.54) is 0 Å². The number of anilines is 1. The summed E-state index contributed by atoms with van der Waals surface area (Å²) in [6.45, 7) is 2.78. The van der Waals surface area contributed by atoms with E-state index in [2.05, 4.69) is 30.2 Å². The van der Waals surface area contributed by atoms with E-state index in [4.69, 9.17) is 0 Å². The van der Waals surface area contributed by atoms with Gasteiger partial charge in [-0.05, 0) is 49.8 Å². The van der Waals surface area contributed by atoms with Crippen LogP contribution in [0.15, 0.2) is 43.0 Å². The Labute approximate surface area is 193 Å². The van der Waals surface area contributed by atoms with E-state index < -0.39 is 11.9 Å². The first kappa shape index (κ1) is 22.2. The molecule has 5 rings (SSSR count). The maximum absolute atomic E-state index is 13.7. The molecule has 1 aliphatic carbocycles. The molecule has 1 saturated carbocycles. The van der Waals surface area contributed by atoms with Crippen LogP contribution in [0, 0.1) is 12.3 Å². The summed E-state index contributed by atoms with van der Waals surface area (Å²) in [5, 5.41) is 3.04. The van der Waals surface area contributed by atoms with Crippen molar-refractivity contribution >= 4 is 11.7 Å². The molecule has 176 valence electrons. The fraction of sp³-hybridized carbons (Fsp3) is 0.391. The fourth-order valence-electron chi connectivity index (χ4n) is 4.39. The van der Waals surface area contributed by atoms with E-state index >= 15 is 0 Å². The topological polar surface area (TPSA) is 96.8 Å². The molecular formula is C23H22F3N7O. The van der Waals surface area contributed by atoms with Crippen molar-refractivity contribution in [3.63, 3.8) is 0 Å². The van der Waals surface area contributed by atoms with E-state index in [-0.39, 0.29) is 23.2 Å². The smallest absolute Gasteiger partial charge is 0.367 e. The monoisotopic (exact) mass is 469 g/mol. The molecule has 8 nitrogen and oxygen atoms in total. The molecule has 2 aliphatic rings. The standard InChI is InChI=1S/C23H22F3N7O/c1-14-3-4-16(20-27-7-2-8-28-20)19(32-14)21(34)33-13-22(5-6-22)9-15(33)10-30-18-12-29-17(11-31-18)23(24,25)26/h2-4,7-8,11-12,15H,5-6,9-10,13H2,1H3,(H,30,31)/t15-/m0/s1. The lowest BCUT2D eigenvalue weighted by Crippen LogP contribution is -2.40. The van der Waals surface area contributed by atoms with Crippen LogP contribution in [-0.2, 0) is 6.18 Å². The van der Waals surface area contributed by atoms with Crippen molar-refractivity contribution in [2.24, 2.45) is 5.41 Å². The van der Waals surface area contributed by atoms with E-state index in [1.807, 2.05) is 17.9 Å². The Bertz CT molecular complexity index is 1200. The number of hydrogen-bond donors (Lipinski definition) is 1. The molecule has 1 spiro atoms. The van der Waals surface area contributed by atoms with Gasteiger partial charge in [0.05, 0.1) is 18.0 Å². The van der Waals surface area contributed by atoms with Crippen molar-refractivity contribution in [3.05, 3.63) is 60.1 Å². The zero-order valence-electron chi connectivity index (χ0n) is 18.4. The fourth-order valence-corrected chi connectivity index (χ4v) is 4.39. The van der Waals surface area contributed by atoms with Crippen molar-refractivity contribution in [1.82, 2.24) is 29.8 Å². The van der Waals surface area contributed by atoms with Crippen LogP contribution >= 0.6 is 0 Å². The highest BCUT2D eigenvalue weighted by atomic mass is 19.4. The van der Waals surface area contributed by atoms with Crippen LogP contribution in [0.25, 0.3) is 11.4 Å². The Morgan fingerprint density at radius 1 is 1.15 bits per heavy atom. The van der Waals surface area contributed by atoms with Gasteiger partial charge in [-0.1, -0.05) is 0 Å². The van der Waals surface area contributed by atoms with Gasteiger partial charge in [0.25, 0.3) is 5.91 Å². The van der Waals surface area contributed by atoms with Crippen LogP contribution in [0.4, 0.5) is 19.0 Å². The Morgan fingerprint density at radius 2 is 1.91 bits per heavy atom. The molecule has 0 aromatic carbocycles. The van der Waals surface area contributed by atoms with Crippen LogP contribution in [0.3, 0.4) is 0 Å². The number of rotatable bonds is 5. The van der Waals surface area contributed by atoms with E-state index in [0.717, 1.165) is 25.5 Å². The number of hydrogen-bond acceptors (Lipinski definition) is 7. The lowest BCUT2D eigenvalue weighted by Gasteiger charge is -2.25. The number of likely N-dealkylation sites (tertiary alicyclic amines) is 1. The van der Waals surface area contributed by atoms with Gasteiger partial charge in [0.1, 0.15) is 11.5 Å². The third-order valence-electron chi connectivity index (χ3n) is 6.34. The Morgan fingerprint density at radius 3 is 2.56 bits per heavy atom. The van der Waals surface area contributed by atoms with Crippen molar-refractivity contribution in [2.75, 3.05) is 18.4 Å². The summed E-state index contributed by atoms with van der Waals surface area (Å²) in [6, 6.07) is 5.16. The van der Waals surface area contributed by atoms with Gasteiger partial charge >= 0.3 is 6.18 Å². The van der Waals surface area contributed by atoms with Crippen molar-refractivity contribution in [1.29, 1.82) is 0 Å². The van der Waals surface area contributed by atoms with Crippen molar-refractivity contribution in [3.8, 4) is 11.4 Å². The second-order valence-electron chi connectivity index (χ2n) is 8.88. The average Bonchev–Trinajstić information content (AvgIpc) is 3.48. The summed E-state index contributed by atoms with van der Waals surface area (Å²) in [7, 11) is 0. The molecule has 1 N–H and O–H groups in total. The highest BCUT2D eigenvalue weighted by molar-refractivity contribution is 5.98. The predicted octanol–water partition coefficient (Wildman–Crippen LogP) is 3.76. The molecule has 34 heavy (non-hydrogen) atoms. The average molecular weight is 469 g/mol. The van der Waals surface area contributed by atoms with Crippen LogP contribution in [0.2, 0.25) is 0 Å². The second kappa shape index (κ2) is 8.30. The van der Waals surface area contributed by atoms with Crippen LogP contribution in [-0.4, -0.2) is 54.9 Å². The van der Waals surface area contributed by atoms with Gasteiger partial charge in [-0.3, -0.25) is 4.79 Å². The van der Waals surface area contributed by atoms with Crippen LogP contribution in [0.5, 0.6) is 0 Å². The highest BCUT2D eigenvalue weighted by Gasteiger charge is 2.53. The Hall–Kier alpha value is -3.63. The summed E-state index contributed by atoms with van der Waals surface area (Å²) >= 11 is 0. The normalized spacial score (nSPS) is 18.8. The molecule has 2 fully saturated rings. The third kappa shape index (κ3) is 4.42. The summed E-state index contributed by atoms with van der Waals surface area (Å²) in [5.41, 5.74) is 0.615. The van der Waals surface area contributed by atoms with Gasteiger partial charge < -0.3 is 10.2 Å². The number of aromatic nitrogens is 5. The van der Waals surface area contributed by atoms with Gasteiger partial charge in [-0.2, -0.15) is 13.2 Å². The number of amides is 1. The predicted molar refractivity (Wildman–Crippen MR) is 117 cm³/mol. The molecule has 4 heterocycles. The Kier molecular flexibility index (Phi) is 5.41. The quantitative estimate of drug-likeness (QED) is 0.608. The first-order chi connectivity index (χ1) is 16.2. The van der Waals surface area contributed by atoms with Crippen molar-refractivity contribution < 1.29 is 18.0 Å². The zero-order chi connectivity index (χ0) is 23.9. The summed E-state index contributed by atoms with van der Waals surface area (Å²) < 4.78 is 38.2. The molecule has 0 bridgehead atoms. The van der Waals surface area contributed by atoms with Crippen LogP contribution < -0.4 is 5.32 Å². The van der Waals surface area contributed by atoms with Gasteiger partial charge in [0.15, 0.2) is 11.5 Å². The molecule has 3 aromatic rings. The van der Waals surface area contributed by atoms with Gasteiger partial charge in [-0.15, -0.1) is 0 Å².